The summed E-state index contributed by atoms with van der Waals surface area (Å²) in [6.07, 6.45) is 14.4. The second-order valence-electron chi connectivity index (χ2n) is 14.0. The van der Waals surface area contributed by atoms with Crippen molar-refractivity contribution in [3.8, 4) is 11.8 Å². The maximum absolute atomic E-state index is 11.3. The van der Waals surface area contributed by atoms with Crippen molar-refractivity contribution in [1.29, 1.82) is 5.26 Å². The van der Waals surface area contributed by atoms with E-state index in [1.165, 1.54) is 38.5 Å². The van der Waals surface area contributed by atoms with Crippen molar-refractivity contribution in [2.45, 2.75) is 97.1 Å². The first-order chi connectivity index (χ1) is 19.2. The van der Waals surface area contributed by atoms with Gasteiger partial charge in [0.1, 0.15) is 11.9 Å². The topological polar surface area (TPSA) is 96.0 Å². The third kappa shape index (κ3) is 4.65. The highest BCUT2D eigenvalue weighted by atomic mass is 16.5. The molecule has 6 rings (SSSR count). The number of nitrogens with zero attached hydrogens (tertiary/aromatic N) is 4. The predicted octanol–water partition coefficient (Wildman–Crippen LogP) is 6.37. The van der Waals surface area contributed by atoms with E-state index in [9.17, 15) is 5.11 Å². The number of ether oxygens (including phenoxy) is 1. The molecule has 0 amide bonds. The Hall–Kier alpha value is -2.43. The van der Waals surface area contributed by atoms with Crippen LogP contribution in [-0.2, 0) is 4.74 Å². The van der Waals surface area contributed by atoms with Crippen LogP contribution < -0.4 is 5.32 Å². The van der Waals surface area contributed by atoms with Gasteiger partial charge < -0.3 is 15.2 Å². The summed E-state index contributed by atoms with van der Waals surface area (Å²) in [7, 11) is 0. The first kappa shape index (κ1) is 27.7. The van der Waals surface area contributed by atoms with Crippen LogP contribution in [0.1, 0.15) is 91.2 Å². The zero-order valence-electron chi connectivity index (χ0n) is 24.8. The fourth-order valence-corrected chi connectivity index (χ4v) is 10.1. The molecule has 0 aliphatic heterocycles. The van der Waals surface area contributed by atoms with E-state index in [4.69, 9.17) is 15.0 Å². The minimum Gasteiger partial charge on any atom is -0.387 e. The average Bonchev–Trinajstić information content (AvgIpc) is 3.57. The lowest BCUT2D eigenvalue weighted by molar-refractivity contribution is -0.165. The summed E-state index contributed by atoms with van der Waals surface area (Å²) in [6, 6.07) is 8.19. The van der Waals surface area contributed by atoms with E-state index < -0.39 is 5.60 Å². The highest BCUT2D eigenvalue weighted by Gasteiger charge is 2.61. The van der Waals surface area contributed by atoms with E-state index in [0.717, 1.165) is 48.5 Å². The molecule has 216 valence electrons. The summed E-state index contributed by atoms with van der Waals surface area (Å²) in [5.74, 6) is 4.57. The summed E-state index contributed by atoms with van der Waals surface area (Å²) in [5.41, 5.74) is 1.36. The van der Waals surface area contributed by atoms with Gasteiger partial charge in [0.15, 0.2) is 5.69 Å². The van der Waals surface area contributed by atoms with Gasteiger partial charge in [0, 0.05) is 18.8 Å². The van der Waals surface area contributed by atoms with Crippen LogP contribution in [-0.4, -0.2) is 44.7 Å². The van der Waals surface area contributed by atoms with Crippen molar-refractivity contribution < 1.29 is 9.84 Å². The minimum absolute atomic E-state index is 0.356. The predicted molar refractivity (Wildman–Crippen MR) is 156 cm³/mol. The van der Waals surface area contributed by atoms with Gasteiger partial charge in [-0.2, -0.15) is 10.4 Å². The number of nitriles is 1. The fraction of sp³-hybridized carbons (Fsp3) is 0.727. The molecule has 0 bridgehead atoms. The lowest BCUT2D eigenvalue weighted by Crippen LogP contribution is -2.57. The smallest absolute Gasteiger partial charge is 0.162 e. The molecule has 4 fully saturated rings. The van der Waals surface area contributed by atoms with Crippen LogP contribution >= 0.6 is 0 Å². The van der Waals surface area contributed by atoms with E-state index in [-0.39, 0.29) is 0 Å². The molecule has 7 nitrogen and oxygen atoms in total. The molecule has 2 unspecified atom stereocenters. The van der Waals surface area contributed by atoms with Crippen molar-refractivity contribution in [2.75, 3.05) is 18.5 Å². The average molecular weight is 546 g/mol. The second-order valence-corrected chi connectivity index (χ2v) is 14.0. The first-order valence-corrected chi connectivity index (χ1v) is 15.7. The highest BCUT2D eigenvalue weighted by molar-refractivity contribution is 5.41. The van der Waals surface area contributed by atoms with Crippen molar-refractivity contribution in [2.24, 2.45) is 40.4 Å². The third-order valence-corrected chi connectivity index (χ3v) is 12.2. The Labute approximate surface area is 239 Å². The summed E-state index contributed by atoms with van der Waals surface area (Å²) in [6.45, 7) is 10.7. The van der Waals surface area contributed by atoms with Gasteiger partial charge in [-0.15, -0.1) is 0 Å². The third-order valence-electron chi connectivity index (χ3n) is 12.2. The Balaban J connectivity index is 1.12. The molecule has 0 spiro atoms. The zero-order valence-corrected chi connectivity index (χ0v) is 24.8. The zero-order chi connectivity index (χ0) is 28.1. The summed E-state index contributed by atoms with van der Waals surface area (Å²) in [5, 5.41) is 28.4. The van der Waals surface area contributed by atoms with Crippen molar-refractivity contribution in [3.63, 3.8) is 0 Å². The monoisotopic (exact) mass is 545 g/mol. The Kier molecular flexibility index (Phi) is 7.24. The van der Waals surface area contributed by atoms with Gasteiger partial charge >= 0.3 is 0 Å². The standard InChI is InChI=1S/C33H47N5O2/c1-5-40-21-33(39)16-15-31(3)23(18-33)6-8-26-28-10-9-27(32(28,4)14-12-29(26)31)22(2)36-30-11-7-25(20-35-30)38-17-13-24(19-34)37-38/h7,11,13,17,20,22-23,26-29,39H,5-6,8-10,12,14-16,18,21H2,1-4H3,(H,35,36)/t22-,23-,26+,27?,28?,29+,31+,32-,33-/m1/s1. The van der Waals surface area contributed by atoms with E-state index in [0.29, 0.717) is 47.6 Å². The Morgan fingerprint density at radius 1 is 1.10 bits per heavy atom. The molecule has 4 aliphatic rings. The number of rotatable bonds is 7. The Morgan fingerprint density at radius 3 is 2.65 bits per heavy atom. The van der Waals surface area contributed by atoms with Crippen molar-refractivity contribution in [3.05, 3.63) is 36.3 Å². The highest BCUT2D eigenvalue weighted by Crippen LogP contribution is 2.68. The lowest BCUT2D eigenvalue weighted by Gasteiger charge is -2.62. The van der Waals surface area contributed by atoms with Crippen LogP contribution in [0.4, 0.5) is 5.82 Å². The molecule has 0 saturated heterocycles. The van der Waals surface area contributed by atoms with Gasteiger partial charge in [0.2, 0.25) is 0 Å². The van der Waals surface area contributed by atoms with E-state index in [1.807, 2.05) is 25.3 Å². The number of aliphatic hydroxyl groups is 1. The summed E-state index contributed by atoms with van der Waals surface area (Å²) >= 11 is 0. The summed E-state index contributed by atoms with van der Waals surface area (Å²) < 4.78 is 7.39. The molecule has 4 saturated carbocycles. The van der Waals surface area contributed by atoms with Gasteiger partial charge in [-0.1, -0.05) is 13.8 Å². The number of anilines is 1. The lowest BCUT2D eigenvalue weighted by atomic mass is 9.43. The molecule has 0 radical (unpaired) electrons. The number of hydrogen-bond donors (Lipinski definition) is 2. The van der Waals surface area contributed by atoms with Crippen LogP contribution in [0.5, 0.6) is 0 Å². The second kappa shape index (κ2) is 10.4. The van der Waals surface area contributed by atoms with Gasteiger partial charge in [-0.25, -0.2) is 9.67 Å². The number of nitrogens with one attached hydrogen (secondary N) is 1. The van der Waals surface area contributed by atoms with Gasteiger partial charge in [-0.05, 0) is 130 Å². The van der Waals surface area contributed by atoms with Crippen molar-refractivity contribution in [1.82, 2.24) is 14.8 Å². The Morgan fingerprint density at radius 2 is 1.93 bits per heavy atom. The molecule has 4 aliphatic carbocycles. The molecular formula is C33H47N5O2. The molecule has 0 aromatic carbocycles. The number of aromatic nitrogens is 3. The molecule has 40 heavy (non-hydrogen) atoms. The number of hydrogen-bond acceptors (Lipinski definition) is 6. The SMILES string of the molecule is CCOC[C@@]1(O)CC[C@@]2(C)[C@H](CC[C@H]3C4CCC([C@@H](C)Nc5ccc(-n6ccc(C#N)n6)cn5)[C@@]4(C)CC[C@@H]32)C1. The Bertz CT molecular complexity index is 1240. The normalized spacial score (nSPS) is 39.5. The fourth-order valence-electron chi connectivity index (χ4n) is 10.1. The van der Waals surface area contributed by atoms with Crippen LogP contribution in [0.25, 0.3) is 5.69 Å². The summed E-state index contributed by atoms with van der Waals surface area (Å²) in [4.78, 5) is 4.69. The minimum atomic E-state index is -0.625. The largest absolute Gasteiger partial charge is 0.387 e. The molecule has 2 aromatic heterocycles. The molecule has 2 N–H and O–H groups in total. The van der Waals surface area contributed by atoms with E-state index >= 15 is 0 Å². The molecule has 2 aromatic rings. The van der Waals surface area contributed by atoms with Crippen molar-refractivity contribution >= 4 is 5.82 Å². The maximum Gasteiger partial charge on any atom is 0.162 e. The molecule has 7 heteroatoms. The quantitative estimate of drug-likeness (QED) is 0.420. The number of pyridine rings is 1. The van der Waals surface area contributed by atoms with Gasteiger partial charge in [0.05, 0.1) is 24.1 Å². The molecule has 2 heterocycles. The van der Waals surface area contributed by atoms with Crippen LogP contribution in [0.3, 0.4) is 0 Å². The van der Waals surface area contributed by atoms with Crippen LogP contribution in [0.15, 0.2) is 30.6 Å². The van der Waals surface area contributed by atoms with Crippen LogP contribution in [0.2, 0.25) is 0 Å². The van der Waals surface area contributed by atoms with Crippen LogP contribution in [0, 0.1) is 51.8 Å². The molecule has 9 atom stereocenters. The molecular weight excluding hydrogens is 498 g/mol. The van der Waals surface area contributed by atoms with Gasteiger partial charge in [-0.3, -0.25) is 0 Å². The number of fused-ring (bicyclic) bond motifs is 5. The maximum atomic E-state index is 11.3. The van der Waals surface area contributed by atoms with E-state index in [1.54, 1.807) is 16.9 Å². The first-order valence-electron chi connectivity index (χ1n) is 15.7. The van der Waals surface area contributed by atoms with E-state index in [2.05, 4.69) is 37.3 Å². The van der Waals surface area contributed by atoms with Gasteiger partial charge in [0.25, 0.3) is 0 Å².